The van der Waals surface area contributed by atoms with Crippen molar-refractivity contribution in [2.24, 2.45) is 5.73 Å². The lowest BCUT2D eigenvalue weighted by Gasteiger charge is -2.09. The zero-order valence-electron chi connectivity index (χ0n) is 10.5. The number of nitrogens with two attached hydrogens (primary N) is 1. The normalized spacial score (nSPS) is 11.5. The largest absolute Gasteiger partial charge is 0.494 e. The van der Waals surface area contributed by atoms with Crippen molar-refractivity contribution in [2.75, 3.05) is 18.5 Å². The Labute approximate surface area is 110 Å². The van der Waals surface area contributed by atoms with Gasteiger partial charge in [0.05, 0.1) is 6.61 Å². The number of carbonyl (C=O) groups excluding carboxylic acids is 1. The van der Waals surface area contributed by atoms with E-state index in [1.54, 1.807) is 24.3 Å². The number of benzene rings is 1. The number of hydrogen-bond donors (Lipinski definition) is 3. The molecule has 1 amide bonds. The van der Waals surface area contributed by atoms with Gasteiger partial charge in [0.2, 0.25) is 0 Å². The third-order valence-corrected chi connectivity index (χ3v) is 2.12. The summed E-state index contributed by atoms with van der Waals surface area (Å²) in [7, 11) is 0. The highest BCUT2D eigenvalue weighted by molar-refractivity contribution is 5.85. The van der Waals surface area contributed by atoms with Crippen molar-refractivity contribution in [3.05, 3.63) is 24.3 Å². The summed E-state index contributed by atoms with van der Waals surface area (Å²) in [6.45, 7) is 2.04. The maximum Gasteiger partial charge on any atom is 0.411 e. The van der Waals surface area contributed by atoms with Crippen LogP contribution in [0.25, 0.3) is 0 Å². The van der Waals surface area contributed by atoms with Crippen molar-refractivity contribution >= 4 is 17.7 Å². The van der Waals surface area contributed by atoms with E-state index in [1.165, 1.54) is 0 Å². The number of nitrogens with one attached hydrogen (secondary N) is 1. The number of ether oxygens (including phenoxy) is 2. The van der Waals surface area contributed by atoms with Crippen molar-refractivity contribution in [1.82, 2.24) is 0 Å². The van der Waals surface area contributed by atoms with E-state index in [1.807, 2.05) is 6.92 Å². The number of anilines is 1. The standard InChI is InChI=1S/C12H16N2O5/c1-2-18-9-5-3-8(4-6-9)14-12(17)19-7-10(13)11(15)16/h3-6,10H,2,7,13H2,1H3,(H,14,17)(H,15,16)/t10-/m0/s1. The zero-order valence-corrected chi connectivity index (χ0v) is 10.5. The molecule has 104 valence electrons. The molecule has 1 aromatic rings. The molecule has 7 nitrogen and oxygen atoms in total. The molecule has 0 aliphatic heterocycles. The van der Waals surface area contributed by atoms with Gasteiger partial charge in [-0.1, -0.05) is 0 Å². The first-order chi connectivity index (χ1) is 9.02. The lowest BCUT2D eigenvalue weighted by Crippen LogP contribution is -2.36. The molecule has 1 atom stereocenters. The first-order valence-electron chi connectivity index (χ1n) is 5.68. The molecular weight excluding hydrogens is 252 g/mol. The molecule has 0 aliphatic carbocycles. The van der Waals surface area contributed by atoms with Gasteiger partial charge in [-0.25, -0.2) is 4.79 Å². The van der Waals surface area contributed by atoms with E-state index in [2.05, 4.69) is 10.1 Å². The molecule has 0 radical (unpaired) electrons. The van der Waals surface area contributed by atoms with Crippen LogP contribution in [0, 0.1) is 0 Å². The van der Waals surface area contributed by atoms with Crippen molar-refractivity contribution in [2.45, 2.75) is 13.0 Å². The molecule has 0 unspecified atom stereocenters. The van der Waals surface area contributed by atoms with Crippen molar-refractivity contribution < 1.29 is 24.2 Å². The summed E-state index contributed by atoms with van der Waals surface area (Å²) in [6.07, 6.45) is -0.763. The number of rotatable bonds is 6. The highest BCUT2D eigenvalue weighted by Gasteiger charge is 2.14. The Morgan fingerprint density at radius 3 is 2.53 bits per heavy atom. The van der Waals surface area contributed by atoms with E-state index in [-0.39, 0.29) is 0 Å². The molecule has 0 fully saturated rings. The monoisotopic (exact) mass is 268 g/mol. The van der Waals surface area contributed by atoms with Crippen LogP contribution in [0.1, 0.15) is 6.92 Å². The second kappa shape index (κ2) is 7.22. The maximum absolute atomic E-state index is 11.3. The SMILES string of the molecule is CCOc1ccc(NC(=O)OC[C@H](N)C(=O)O)cc1. The number of carbonyl (C=O) groups is 2. The average Bonchev–Trinajstić information content (AvgIpc) is 2.38. The molecule has 0 aliphatic rings. The minimum absolute atomic E-state index is 0.391. The third-order valence-electron chi connectivity index (χ3n) is 2.12. The Morgan fingerprint density at radius 2 is 2.00 bits per heavy atom. The van der Waals surface area contributed by atoms with Gasteiger partial charge in [0, 0.05) is 5.69 Å². The van der Waals surface area contributed by atoms with E-state index in [4.69, 9.17) is 15.6 Å². The van der Waals surface area contributed by atoms with Crippen LogP contribution < -0.4 is 15.8 Å². The number of amides is 1. The Kier molecular flexibility index (Phi) is 5.62. The topological polar surface area (TPSA) is 111 Å². The molecule has 1 rings (SSSR count). The minimum atomic E-state index is -1.23. The van der Waals surface area contributed by atoms with Gasteiger partial charge in [-0.05, 0) is 31.2 Å². The van der Waals surface area contributed by atoms with Crippen LogP contribution in [-0.2, 0) is 9.53 Å². The molecule has 7 heteroatoms. The highest BCUT2D eigenvalue weighted by atomic mass is 16.5. The van der Waals surface area contributed by atoms with Gasteiger partial charge in [-0.3, -0.25) is 10.1 Å². The zero-order chi connectivity index (χ0) is 14.3. The van der Waals surface area contributed by atoms with E-state index < -0.39 is 24.7 Å². The summed E-state index contributed by atoms with van der Waals surface area (Å²) in [6, 6.07) is 5.45. The Bertz CT molecular complexity index is 432. The van der Waals surface area contributed by atoms with E-state index >= 15 is 0 Å². The van der Waals surface area contributed by atoms with E-state index in [9.17, 15) is 9.59 Å². The Balaban J connectivity index is 2.41. The van der Waals surface area contributed by atoms with Gasteiger partial charge < -0.3 is 20.3 Å². The fourth-order valence-electron chi connectivity index (χ4n) is 1.19. The van der Waals surface area contributed by atoms with Crippen LogP contribution in [0.5, 0.6) is 5.75 Å². The lowest BCUT2D eigenvalue weighted by atomic mass is 10.3. The molecule has 0 heterocycles. The summed E-state index contributed by atoms with van der Waals surface area (Å²) >= 11 is 0. The summed E-state index contributed by atoms with van der Waals surface area (Å²) in [4.78, 5) is 21.8. The molecule has 19 heavy (non-hydrogen) atoms. The van der Waals surface area contributed by atoms with Gasteiger partial charge in [0.1, 0.15) is 18.4 Å². The molecule has 0 spiro atoms. The van der Waals surface area contributed by atoms with Gasteiger partial charge in [-0.15, -0.1) is 0 Å². The molecule has 0 bridgehead atoms. The summed E-state index contributed by atoms with van der Waals surface area (Å²) in [5.41, 5.74) is 5.70. The van der Waals surface area contributed by atoms with Crippen molar-refractivity contribution in [3.8, 4) is 5.75 Å². The van der Waals surface area contributed by atoms with Crippen LogP contribution >= 0.6 is 0 Å². The lowest BCUT2D eigenvalue weighted by molar-refractivity contribution is -0.139. The summed E-state index contributed by atoms with van der Waals surface area (Å²) in [5, 5.41) is 11.0. The number of hydrogen-bond acceptors (Lipinski definition) is 5. The average molecular weight is 268 g/mol. The van der Waals surface area contributed by atoms with Crippen LogP contribution in [0.3, 0.4) is 0 Å². The molecule has 0 aromatic heterocycles. The van der Waals surface area contributed by atoms with E-state index in [0.717, 1.165) is 0 Å². The van der Waals surface area contributed by atoms with E-state index in [0.29, 0.717) is 18.0 Å². The fourth-order valence-corrected chi connectivity index (χ4v) is 1.19. The summed E-state index contributed by atoms with van der Waals surface area (Å²) < 4.78 is 9.91. The number of carboxylic acid groups (broad SMARTS) is 1. The van der Waals surface area contributed by atoms with Crippen LogP contribution in [0.15, 0.2) is 24.3 Å². The van der Waals surface area contributed by atoms with Crippen molar-refractivity contribution in [1.29, 1.82) is 0 Å². The molecular formula is C12H16N2O5. The Hall–Kier alpha value is -2.28. The van der Waals surface area contributed by atoms with Crippen LogP contribution in [0.2, 0.25) is 0 Å². The predicted molar refractivity (Wildman–Crippen MR) is 68.2 cm³/mol. The molecule has 0 saturated heterocycles. The first-order valence-corrected chi connectivity index (χ1v) is 5.68. The number of carboxylic acids is 1. The third kappa shape index (κ3) is 5.26. The van der Waals surface area contributed by atoms with Crippen LogP contribution in [0.4, 0.5) is 10.5 Å². The first kappa shape index (κ1) is 14.8. The van der Waals surface area contributed by atoms with Crippen molar-refractivity contribution in [3.63, 3.8) is 0 Å². The van der Waals surface area contributed by atoms with Gasteiger partial charge in [-0.2, -0.15) is 0 Å². The highest BCUT2D eigenvalue weighted by Crippen LogP contribution is 2.15. The second-order valence-electron chi connectivity index (χ2n) is 3.63. The molecule has 4 N–H and O–H groups in total. The number of aliphatic carboxylic acids is 1. The smallest absolute Gasteiger partial charge is 0.411 e. The fraction of sp³-hybridized carbons (Fsp3) is 0.333. The van der Waals surface area contributed by atoms with Gasteiger partial charge in [0.15, 0.2) is 0 Å². The maximum atomic E-state index is 11.3. The Morgan fingerprint density at radius 1 is 1.37 bits per heavy atom. The predicted octanol–water partition coefficient (Wildman–Crippen LogP) is 1.05. The van der Waals surface area contributed by atoms with Gasteiger partial charge >= 0.3 is 12.1 Å². The quantitative estimate of drug-likeness (QED) is 0.711. The van der Waals surface area contributed by atoms with Crippen LogP contribution in [-0.4, -0.2) is 36.4 Å². The minimum Gasteiger partial charge on any atom is -0.494 e. The molecule has 1 aromatic carbocycles. The van der Waals surface area contributed by atoms with Gasteiger partial charge in [0.25, 0.3) is 0 Å². The summed E-state index contributed by atoms with van der Waals surface area (Å²) in [5.74, 6) is -0.539. The second-order valence-corrected chi connectivity index (χ2v) is 3.63. The molecule has 0 saturated carbocycles.